The van der Waals surface area contributed by atoms with Gasteiger partial charge in [0.2, 0.25) is 5.88 Å². The number of nitrogens with zero attached hydrogens (tertiary/aromatic N) is 2. The largest absolute Gasteiger partial charge is 0.507 e. The van der Waals surface area contributed by atoms with Crippen molar-refractivity contribution >= 4 is 57.7 Å². The van der Waals surface area contributed by atoms with Gasteiger partial charge in [0.1, 0.15) is 23.1 Å². The second kappa shape index (κ2) is 8.79. The van der Waals surface area contributed by atoms with Gasteiger partial charge < -0.3 is 15.6 Å². The van der Waals surface area contributed by atoms with Crippen LogP contribution in [0.3, 0.4) is 0 Å². The Bertz CT molecular complexity index is 1300. The molecular formula is C23H14Cl2IN3O2. The van der Waals surface area contributed by atoms with Crippen LogP contribution in [0.25, 0.3) is 0 Å². The van der Waals surface area contributed by atoms with Crippen molar-refractivity contribution in [2.24, 2.45) is 10.7 Å². The molecule has 1 aliphatic heterocycles. The van der Waals surface area contributed by atoms with Gasteiger partial charge in [-0.3, -0.25) is 4.99 Å². The number of rotatable bonds is 3. The van der Waals surface area contributed by atoms with E-state index in [1.165, 1.54) is 12.3 Å². The molecule has 1 heterocycles. The lowest BCUT2D eigenvalue weighted by Gasteiger charge is -2.27. The molecule has 0 aliphatic carbocycles. The SMILES string of the molecule is N#CC1=C(N)Oc2cc(O)c(C=Nc3ccc(Cl)c(Cl)c3)cc2C1c1cccc(I)c1. The molecule has 0 radical (unpaired) electrons. The molecule has 8 heteroatoms. The number of phenolic OH excluding ortho intramolecular Hbond substituents is 1. The third-order valence-electron chi connectivity index (χ3n) is 4.80. The van der Waals surface area contributed by atoms with Crippen LogP contribution in [-0.2, 0) is 0 Å². The predicted molar refractivity (Wildman–Crippen MR) is 130 cm³/mol. The molecule has 31 heavy (non-hydrogen) atoms. The average Bonchev–Trinajstić information content (AvgIpc) is 2.74. The highest BCUT2D eigenvalue weighted by molar-refractivity contribution is 14.1. The number of allylic oxidation sites excluding steroid dienone is 1. The van der Waals surface area contributed by atoms with Gasteiger partial charge in [0.05, 0.1) is 21.7 Å². The van der Waals surface area contributed by atoms with E-state index in [-0.39, 0.29) is 11.6 Å². The van der Waals surface area contributed by atoms with E-state index >= 15 is 0 Å². The fourth-order valence-electron chi connectivity index (χ4n) is 3.35. The number of aromatic hydroxyl groups is 1. The highest BCUT2D eigenvalue weighted by Crippen LogP contribution is 2.44. The number of nitriles is 1. The zero-order valence-electron chi connectivity index (χ0n) is 15.8. The molecule has 0 fully saturated rings. The lowest BCUT2D eigenvalue weighted by atomic mass is 9.83. The maximum atomic E-state index is 10.5. The van der Waals surface area contributed by atoms with Crippen molar-refractivity contribution in [2.45, 2.75) is 5.92 Å². The Morgan fingerprint density at radius 1 is 1.13 bits per heavy atom. The smallest absolute Gasteiger partial charge is 0.205 e. The van der Waals surface area contributed by atoms with Gasteiger partial charge in [-0.15, -0.1) is 0 Å². The molecule has 0 saturated heterocycles. The second-order valence-electron chi connectivity index (χ2n) is 6.79. The van der Waals surface area contributed by atoms with E-state index in [1.807, 2.05) is 24.3 Å². The summed E-state index contributed by atoms with van der Waals surface area (Å²) in [4.78, 5) is 4.38. The maximum Gasteiger partial charge on any atom is 0.205 e. The quantitative estimate of drug-likeness (QED) is 0.291. The lowest BCUT2D eigenvalue weighted by Crippen LogP contribution is -2.21. The molecule has 3 N–H and O–H groups in total. The van der Waals surface area contributed by atoms with Crippen molar-refractivity contribution in [1.29, 1.82) is 5.26 Å². The summed E-state index contributed by atoms with van der Waals surface area (Å²) in [6.07, 6.45) is 1.52. The van der Waals surface area contributed by atoms with E-state index in [2.05, 4.69) is 33.7 Å². The first-order valence-corrected chi connectivity index (χ1v) is 10.9. The topological polar surface area (TPSA) is 91.6 Å². The number of hydrogen-bond donors (Lipinski definition) is 2. The minimum Gasteiger partial charge on any atom is -0.507 e. The fourth-order valence-corrected chi connectivity index (χ4v) is 4.21. The molecule has 1 aliphatic rings. The zero-order chi connectivity index (χ0) is 22.1. The summed E-state index contributed by atoms with van der Waals surface area (Å²) in [6.45, 7) is 0. The molecular weight excluding hydrogens is 548 g/mol. The molecule has 3 aromatic rings. The molecule has 1 atom stereocenters. The van der Waals surface area contributed by atoms with Gasteiger partial charge in [-0.05, 0) is 64.6 Å². The molecule has 3 aromatic carbocycles. The summed E-state index contributed by atoms with van der Waals surface area (Å²) < 4.78 is 6.67. The Hall–Kier alpha value is -2.73. The van der Waals surface area contributed by atoms with Crippen molar-refractivity contribution in [2.75, 3.05) is 0 Å². The molecule has 0 saturated carbocycles. The summed E-state index contributed by atoms with van der Waals surface area (Å²) in [5.74, 6) is -0.0432. The molecule has 4 rings (SSSR count). The molecule has 1 unspecified atom stereocenters. The standard InChI is InChI=1S/C23H14Cl2IN3O2/c24-18-5-4-15(8-19(18)25)29-11-13-7-16-21(9-20(13)30)31-23(28)17(10-27)22(16)12-2-1-3-14(26)6-12/h1-9,11,22,30H,28H2. The first-order chi connectivity index (χ1) is 14.9. The summed E-state index contributed by atoms with van der Waals surface area (Å²) in [6, 6.07) is 18.2. The minimum absolute atomic E-state index is 0.0236. The Morgan fingerprint density at radius 2 is 1.94 bits per heavy atom. The Kier molecular flexibility index (Phi) is 6.10. The monoisotopic (exact) mass is 561 g/mol. The number of ether oxygens (including phenoxy) is 1. The van der Waals surface area contributed by atoms with E-state index in [1.54, 1.807) is 24.3 Å². The number of halogens is 3. The van der Waals surface area contributed by atoms with Crippen LogP contribution in [-0.4, -0.2) is 11.3 Å². The highest BCUT2D eigenvalue weighted by atomic mass is 127. The predicted octanol–water partition coefficient (Wildman–Crippen LogP) is 6.27. The van der Waals surface area contributed by atoms with Crippen molar-refractivity contribution in [3.63, 3.8) is 0 Å². The average molecular weight is 562 g/mol. The number of aliphatic imine (C=N–C) groups is 1. The molecule has 154 valence electrons. The van der Waals surface area contributed by atoms with Crippen molar-refractivity contribution < 1.29 is 9.84 Å². The lowest BCUT2D eigenvalue weighted by molar-refractivity contribution is 0.388. The minimum atomic E-state index is -0.429. The Morgan fingerprint density at radius 3 is 2.65 bits per heavy atom. The van der Waals surface area contributed by atoms with Gasteiger partial charge in [-0.25, -0.2) is 0 Å². The summed E-state index contributed by atoms with van der Waals surface area (Å²) >= 11 is 14.2. The maximum absolute atomic E-state index is 10.5. The number of hydrogen-bond acceptors (Lipinski definition) is 5. The Labute approximate surface area is 202 Å². The first kappa shape index (κ1) is 21.5. The van der Waals surface area contributed by atoms with Gasteiger partial charge >= 0.3 is 0 Å². The molecule has 0 spiro atoms. The zero-order valence-corrected chi connectivity index (χ0v) is 19.5. The molecule has 0 amide bonds. The molecule has 0 aromatic heterocycles. The number of phenols is 1. The van der Waals surface area contributed by atoms with Gasteiger partial charge in [0.25, 0.3) is 0 Å². The Balaban J connectivity index is 1.82. The van der Waals surface area contributed by atoms with Crippen LogP contribution in [0, 0.1) is 14.9 Å². The molecule has 5 nitrogen and oxygen atoms in total. The summed E-state index contributed by atoms with van der Waals surface area (Å²) in [5.41, 5.74) is 8.98. The van der Waals surface area contributed by atoms with Gasteiger partial charge in [0.15, 0.2) is 0 Å². The van der Waals surface area contributed by atoms with Crippen molar-refractivity contribution in [3.8, 4) is 17.6 Å². The van der Waals surface area contributed by atoms with Crippen LogP contribution < -0.4 is 10.5 Å². The molecule has 0 bridgehead atoms. The van der Waals surface area contributed by atoms with Gasteiger partial charge in [-0.2, -0.15) is 5.26 Å². The van der Waals surface area contributed by atoms with Gasteiger partial charge in [0, 0.05) is 27.0 Å². The van der Waals surface area contributed by atoms with Crippen LogP contribution in [0.2, 0.25) is 10.0 Å². The highest BCUT2D eigenvalue weighted by Gasteiger charge is 2.31. The number of benzene rings is 3. The van der Waals surface area contributed by atoms with Crippen LogP contribution in [0.4, 0.5) is 5.69 Å². The fraction of sp³-hybridized carbons (Fsp3) is 0.0435. The van der Waals surface area contributed by atoms with E-state index in [0.717, 1.165) is 9.13 Å². The van der Waals surface area contributed by atoms with Crippen LogP contribution >= 0.6 is 45.8 Å². The van der Waals surface area contributed by atoms with E-state index in [0.29, 0.717) is 38.2 Å². The third-order valence-corrected chi connectivity index (χ3v) is 6.21. The number of fused-ring (bicyclic) bond motifs is 1. The van der Waals surface area contributed by atoms with Crippen LogP contribution in [0.5, 0.6) is 11.5 Å². The van der Waals surface area contributed by atoms with E-state index in [9.17, 15) is 10.4 Å². The number of nitrogens with two attached hydrogens (primary N) is 1. The third kappa shape index (κ3) is 4.35. The van der Waals surface area contributed by atoms with Crippen molar-refractivity contribution in [1.82, 2.24) is 0 Å². The second-order valence-corrected chi connectivity index (χ2v) is 8.85. The van der Waals surface area contributed by atoms with E-state index in [4.69, 9.17) is 33.7 Å². The summed E-state index contributed by atoms with van der Waals surface area (Å²) in [5, 5.41) is 21.1. The van der Waals surface area contributed by atoms with Crippen LogP contribution in [0.1, 0.15) is 22.6 Å². The van der Waals surface area contributed by atoms with Crippen LogP contribution in [0.15, 0.2) is 71.0 Å². The van der Waals surface area contributed by atoms with Crippen molar-refractivity contribution in [3.05, 3.63) is 96.4 Å². The normalized spacial score (nSPS) is 15.5. The summed E-state index contributed by atoms with van der Waals surface area (Å²) in [7, 11) is 0. The van der Waals surface area contributed by atoms with Gasteiger partial charge in [-0.1, -0.05) is 35.3 Å². The first-order valence-electron chi connectivity index (χ1n) is 9.06. The van der Waals surface area contributed by atoms with E-state index < -0.39 is 5.92 Å².